The maximum atomic E-state index is 6.81. The summed E-state index contributed by atoms with van der Waals surface area (Å²) in [5, 5.41) is 9.27. The largest absolute Gasteiger partial charge is 0.412 e. The minimum Gasteiger partial charge on any atom is -0.412 e. The van der Waals surface area contributed by atoms with Crippen molar-refractivity contribution in [3.63, 3.8) is 0 Å². The number of fused-ring (bicyclic) bond motifs is 1. The molecule has 0 aromatic heterocycles. The zero-order valence-corrected chi connectivity index (χ0v) is 28.1. The molecule has 2 atom stereocenters. The van der Waals surface area contributed by atoms with Gasteiger partial charge in [0, 0.05) is 22.0 Å². The van der Waals surface area contributed by atoms with Crippen LogP contribution in [0.2, 0.25) is 0 Å². The molecule has 0 saturated carbocycles. The summed E-state index contributed by atoms with van der Waals surface area (Å²) in [6, 6.07) is 40.3. The summed E-state index contributed by atoms with van der Waals surface area (Å²) in [5.41, 5.74) is 1.67. The molecule has 0 aliphatic carbocycles. The van der Waals surface area contributed by atoms with E-state index in [0.29, 0.717) is 39.6 Å². The van der Waals surface area contributed by atoms with Crippen LogP contribution in [0.1, 0.15) is 0 Å². The van der Waals surface area contributed by atoms with Crippen LogP contribution in [0.25, 0.3) is 0 Å². The van der Waals surface area contributed by atoms with E-state index in [-0.39, 0.29) is 18.7 Å². The number of benzene rings is 4. The van der Waals surface area contributed by atoms with Gasteiger partial charge in [-0.3, -0.25) is 0 Å². The third kappa shape index (κ3) is 8.64. The smallest absolute Gasteiger partial charge is 0.305 e. The van der Waals surface area contributed by atoms with Crippen LogP contribution in [-0.2, 0) is 23.3 Å². The van der Waals surface area contributed by atoms with Crippen molar-refractivity contribution in [2.75, 3.05) is 63.0 Å². The van der Waals surface area contributed by atoms with Crippen molar-refractivity contribution in [1.29, 1.82) is 0 Å². The molecule has 4 N–H and O–H groups in total. The molecule has 2 aliphatic heterocycles. The Balaban J connectivity index is 0.00000417. The number of rotatable bonds is 6. The first kappa shape index (κ1) is 34.3. The Morgan fingerprint density at radius 2 is 0.761 bits per heavy atom. The lowest BCUT2D eigenvalue weighted by Crippen LogP contribution is -2.19. The third-order valence-corrected chi connectivity index (χ3v) is 17.0. The highest BCUT2D eigenvalue weighted by atomic mass is 31.3. The molecule has 0 fully saturated rings. The summed E-state index contributed by atoms with van der Waals surface area (Å²) in [6.07, 6.45) is 0. The van der Waals surface area contributed by atoms with Crippen molar-refractivity contribution in [2.24, 2.45) is 13.5 Å². The average Bonchev–Trinajstić information content (AvgIpc) is 3.08. The van der Waals surface area contributed by atoms with Gasteiger partial charge in [0.25, 0.3) is 0 Å². The van der Waals surface area contributed by atoms with Crippen LogP contribution in [0, 0.1) is 0 Å². The molecule has 0 radical (unpaired) electrons. The number of nitrogens with one attached hydrogen (secondary N) is 2. The van der Waals surface area contributed by atoms with Gasteiger partial charge in [-0.1, -0.05) is 97.1 Å². The minimum atomic E-state index is -3.25. The minimum absolute atomic E-state index is 0. The van der Waals surface area contributed by atoms with Gasteiger partial charge in [0.2, 0.25) is 0 Å². The average molecular weight is 684 g/mol. The molecule has 0 saturated heterocycles. The van der Waals surface area contributed by atoms with E-state index >= 15 is 0 Å². The maximum absolute atomic E-state index is 6.81. The zero-order valence-electron chi connectivity index (χ0n) is 25.4. The predicted molar refractivity (Wildman–Crippen MR) is 188 cm³/mol. The van der Waals surface area contributed by atoms with Crippen molar-refractivity contribution in [3.8, 4) is 0 Å². The van der Waals surface area contributed by atoms with E-state index in [1.807, 2.05) is 97.1 Å². The predicted octanol–water partition coefficient (Wildman–Crippen LogP) is 7.16. The number of nitrogens with zero attached hydrogens (tertiary/aromatic N) is 3. The van der Waals surface area contributed by atoms with Gasteiger partial charge < -0.3 is 38.9 Å². The Morgan fingerprint density at radius 3 is 1.17 bits per heavy atom. The molecule has 6 rings (SSSR count). The molecular weight excluding hydrogens is 643 g/mol. The summed E-state index contributed by atoms with van der Waals surface area (Å²) >= 11 is 0. The van der Waals surface area contributed by atoms with E-state index in [0.717, 1.165) is 22.0 Å². The summed E-state index contributed by atoms with van der Waals surface area (Å²) in [5.74, 6) is 0. The number of ether oxygens (including phenoxy) is 3. The molecule has 46 heavy (non-hydrogen) atoms. The van der Waals surface area contributed by atoms with E-state index in [1.54, 1.807) is 0 Å². The summed E-state index contributed by atoms with van der Waals surface area (Å²) < 4.78 is 47.7. The van der Waals surface area contributed by atoms with Crippen molar-refractivity contribution >= 4 is 44.4 Å². The fourth-order valence-electron chi connectivity index (χ4n) is 4.80. The molecule has 2 aliphatic rings. The van der Waals surface area contributed by atoms with Gasteiger partial charge >= 0.3 is 15.2 Å². The SMILES string of the molecule is O.c1ccc(N[P@]23=NP(c4ccccc4)(c4ccccc4)=N[P@](Nc4ccccc4)(=N2)OCCOCCOCCOCCO3)cc1. The van der Waals surface area contributed by atoms with Crippen molar-refractivity contribution in [3.05, 3.63) is 121 Å². The van der Waals surface area contributed by atoms with Crippen LogP contribution in [0.3, 0.4) is 0 Å². The lowest BCUT2D eigenvalue weighted by atomic mass is 10.3. The zero-order chi connectivity index (χ0) is 30.7. The first-order valence-corrected chi connectivity index (χ1v) is 19.8. The highest BCUT2D eigenvalue weighted by Gasteiger charge is 2.41. The molecule has 4 aromatic carbocycles. The molecule has 4 aromatic rings. The Labute approximate surface area is 270 Å². The van der Waals surface area contributed by atoms with Gasteiger partial charge in [0.05, 0.1) is 52.9 Å². The number of anilines is 2. The summed E-state index contributed by atoms with van der Waals surface area (Å²) in [7, 11) is -9.44. The Bertz CT molecular complexity index is 1580. The lowest BCUT2D eigenvalue weighted by molar-refractivity contribution is 0.00556. The molecule has 2 bridgehead atoms. The van der Waals surface area contributed by atoms with Crippen LogP contribution in [0.4, 0.5) is 11.4 Å². The molecule has 0 unspecified atom stereocenters. The van der Waals surface area contributed by atoms with Gasteiger partial charge in [-0.05, 0) is 24.3 Å². The molecule has 0 spiro atoms. The second-order valence-electron chi connectivity index (χ2n) is 10.1. The van der Waals surface area contributed by atoms with E-state index in [4.69, 9.17) is 36.8 Å². The monoisotopic (exact) mass is 683 g/mol. The van der Waals surface area contributed by atoms with Gasteiger partial charge in [0.15, 0.2) is 0 Å². The van der Waals surface area contributed by atoms with E-state index in [9.17, 15) is 0 Å². The standard InChI is InChI=1S/C32H38N5O5P3.H2O/c1-5-13-29(14-6-1)33-44-35-43(31-17-9-3-10-18-31,32-19-11-4-12-20-32)36-45(37-44,34-30-15-7-2-8-16-30)42-28-26-40-24-22-38-21-23-39-25-27-41-44;/h1-20,33-34H,21-28H2;1H2/t44-,45+;. The van der Waals surface area contributed by atoms with E-state index in [1.165, 1.54) is 0 Å². The fourth-order valence-corrected chi connectivity index (χ4v) is 16.7. The van der Waals surface area contributed by atoms with Crippen molar-refractivity contribution < 1.29 is 28.7 Å². The van der Waals surface area contributed by atoms with Crippen LogP contribution < -0.4 is 20.8 Å². The first-order chi connectivity index (χ1) is 22.2. The highest BCUT2D eigenvalue weighted by Crippen LogP contribution is 2.77. The molecule has 14 heteroatoms. The number of para-hydroxylation sites is 2. The van der Waals surface area contributed by atoms with Gasteiger partial charge in [0.1, 0.15) is 7.21 Å². The maximum Gasteiger partial charge on any atom is 0.305 e. The molecule has 11 nitrogen and oxygen atoms in total. The van der Waals surface area contributed by atoms with Crippen LogP contribution >= 0.6 is 22.4 Å². The second kappa shape index (κ2) is 16.7. The third-order valence-electron chi connectivity index (χ3n) is 6.82. The molecular formula is C32H40N5O6P3. The Kier molecular flexibility index (Phi) is 12.4. The summed E-state index contributed by atoms with van der Waals surface area (Å²) in [6.45, 7) is 3.07. The van der Waals surface area contributed by atoms with E-state index < -0.39 is 22.4 Å². The first-order valence-electron chi connectivity index (χ1n) is 14.9. The topological polar surface area (TPSA) is 139 Å². The van der Waals surface area contributed by atoms with E-state index in [2.05, 4.69) is 34.4 Å². The lowest BCUT2D eigenvalue weighted by Gasteiger charge is -2.36. The number of hydrogen-bond donors (Lipinski definition) is 2. The Hall–Kier alpha value is -3.07. The van der Waals surface area contributed by atoms with Crippen molar-refractivity contribution in [1.82, 2.24) is 0 Å². The van der Waals surface area contributed by atoms with Gasteiger partial charge in [-0.15, -0.1) is 0 Å². The normalized spacial score (nSPS) is 23.7. The summed E-state index contributed by atoms with van der Waals surface area (Å²) in [4.78, 5) is 0. The quantitative estimate of drug-likeness (QED) is 0.206. The Morgan fingerprint density at radius 1 is 0.413 bits per heavy atom. The van der Waals surface area contributed by atoms with Gasteiger partial charge in [-0.25, -0.2) is 0 Å². The fraction of sp³-hybridized carbons (Fsp3) is 0.250. The number of hydrogen-bond acceptors (Lipinski definition) is 10. The van der Waals surface area contributed by atoms with Crippen LogP contribution in [-0.4, -0.2) is 58.3 Å². The van der Waals surface area contributed by atoms with Crippen molar-refractivity contribution in [2.45, 2.75) is 0 Å². The highest BCUT2D eigenvalue weighted by molar-refractivity contribution is 7.91. The molecule has 244 valence electrons. The molecule has 2 heterocycles. The van der Waals surface area contributed by atoms with Gasteiger partial charge in [-0.2, -0.15) is 13.5 Å². The second-order valence-corrected chi connectivity index (χ2v) is 17.6. The molecule has 0 amide bonds. The van der Waals surface area contributed by atoms with Crippen LogP contribution in [0.5, 0.6) is 0 Å². The van der Waals surface area contributed by atoms with Crippen LogP contribution in [0.15, 0.2) is 135 Å².